The van der Waals surface area contributed by atoms with Crippen molar-refractivity contribution in [1.82, 2.24) is 0 Å². The number of ether oxygens (including phenoxy) is 1. The molecule has 0 aliphatic heterocycles. The van der Waals surface area contributed by atoms with E-state index in [1.165, 1.54) is 25.7 Å². The van der Waals surface area contributed by atoms with Crippen LogP contribution in [0.25, 0.3) is 0 Å². The molecule has 138 valence electrons. The Morgan fingerprint density at radius 3 is 1.35 bits per heavy atom. The van der Waals surface area contributed by atoms with E-state index in [0.717, 1.165) is 6.42 Å². The maximum absolute atomic E-state index is 12.1. The fourth-order valence-corrected chi connectivity index (χ4v) is 2.52. The standard InChI is InChI=1S/C21H42O2/c1-18(2,3)13-15-21(10,16-14-19(4,5)6)12-11-17(22)23-20(7,8)9/h11-16H2,1-10H3. The SMILES string of the molecule is CC(C)(C)CCC(C)(CCC(=O)OC(C)(C)C)CCC(C)(C)C. The lowest BCUT2D eigenvalue weighted by molar-refractivity contribution is -0.155. The summed E-state index contributed by atoms with van der Waals surface area (Å²) in [6, 6.07) is 0. The maximum Gasteiger partial charge on any atom is 0.306 e. The predicted octanol–water partition coefficient (Wildman–Crippen LogP) is 6.77. The molecule has 0 unspecified atom stereocenters. The van der Waals surface area contributed by atoms with Gasteiger partial charge in [0.25, 0.3) is 0 Å². The van der Waals surface area contributed by atoms with Gasteiger partial charge in [0.2, 0.25) is 0 Å². The topological polar surface area (TPSA) is 26.3 Å². The molecule has 0 aromatic carbocycles. The van der Waals surface area contributed by atoms with Crippen molar-refractivity contribution in [3.63, 3.8) is 0 Å². The quantitative estimate of drug-likeness (QED) is 0.483. The average molecular weight is 327 g/mol. The minimum Gasteiger partial charge on any atom is -0.460 e. The van der Waals surface area contributed by atoms with Gasteiger partial charge in [-0.2, -0.15) is 0 Å². The molecule has 2 nitrogen and oxygen atoms in total. The third-order valence-corrected chi connectivity index (χ3v) is 4.31. The van der Waals surface area contributed by atoms with Gasteiger partial charge in [-0.25, -0.2) is 0 Å². The second kappa shape index (κ2) is 8.03. The van der Waals surface area contributed by atoms with Crippen LogP contribution < -0.4 is 0 Å². The Kier molecular flexibility index (Phi) is 7.85. The molecule has 0 aliphatic rings. The highest BCUT2D eigenvalue weighted by Crippen LogP contribution is 2.40. The smallest absolute Gasteiger partial charge is 0.306 e. The lowest BCUT2D eigenvalue weighted by Crippen LogP contribution is -2.27. The van der Waals surface area contributed by atoms with Gasteiger partial charge in [0.1, 0.15) is 5.60 Å². The first-order valence-corrected chi connectivity index (χ1v) is 9.23. The van der Waals surface area contributed by atoms with Crippen molar-refractivity contribution >= 4 is 5.97 Å². The van der Waals surface area contributed by atoms with Gasteiger partial charge in [0, 0.05) is 6.42 Å². The summed E-state index contributed by atoms with van der Waals surface area (Å²) in [4.78, 5) is 12.1. The largest absolute Gasteiger partial charge is 0.460 e. The molecule has 0 saturated carbocycles. The number of carbonyl (C=O) groups excluding carboxylic acids is 1. The van der Waals surface area contributed by atoms with Crippen LogP contribution >= 0.6 is 0 Å². The summed E-state index contributed by atoms with van der Waals surface area (Å²) >= 11 is 0. The number of carbonyl (C=O) groups is 1. The number of esters is 1. The number of hydrogen-bond acceptors (Lipinski definition) is 2. The maximum atomic E-state index is 12.1. The lowest BCUT2D eigenvalue weighted by atomic mass is 9.71. The second-order valence-electron chi connectivity index (χ2n) is 11.0. The molecule has 2 heteroatoms. The summed E-state index contributed by atoms with van der Waals surface area (Å²) in [5.41, 5.74) is 0.519. The summed E-state index contributed by atoms with van der Waals surface area (Å²) in [6.07, 6.45) is 6.20. The van der Waals surface area contributed by atoms with Gasteiger partial charge in [0.05, 0.1) is 0 Å². The van der Waals surface area contributed by atoms with Crippen molar-refractivity contribution in [3.8, 4) is 0 Å². The zero-order chi connectivity index (χ0) is 18.5. The number of hydrogen-bond donors (Lipinski definition) is 0. The zero-order valence-electron chi connectivity index (χ0n) is 17.6. The highest BCUT2D eigenvalue weighted by molar-refractivity contribution is 5.69. The third-order valence-electron chi connectivity index (χ3n) is 4.31. The zero-order valence-corrected chi connectivity index (χ0v) is 17.6. The van der Waals surface area contributed by atoms with E-state index in [9.17, 15) is 4.79 Å². The van der Waals surface area contributed by atoms with Crippen LogP contribution in [0.5, 0.6) is 0 Å². The molecule has 0 rings (SSSR count). The molecular weight excluding hydrogens is 284 g/mol. The van der Waals surface area contributed by atoms with E-state index in [4.69, 9.17) is 4.74 Å². The van der Waals surface area contributed by atoms with E-state index in [-0.39, 0.29) is 17.0 Å². The van der Waals surface area contributed by atoms with E-state index in [1.807, 2.05) is 20.8 Å². The van der Waals surface area contributed by atoms with Crippen LogP contribution in [0.3, 0.4) is 0 Å². The van der Waals surface area contributed by atoms with E-state index >= 15 is 0 Å². The molecule has 0 spiro atoms. The minimum absolute atomic E-state index is 0.0600. The van der Waals surface area contributed by atoms with Crippen molar-refractivity contribution in [1.29, 1.82) is 0 Å². The molecular formula is C21H42O2. The van der Waals surface area contributed by atoms with Gasteiger partial charge in [-0.15, -0.1) is 0 Å². The molecule has 23 heavy (non-hydrogen) atoms. The molecule has 0 heterocycles. The molecule has 0 amide bonds. The van der Waals surface area contributed by atoms with Crippen molar-refractivity contribution in [2.45, 2.75) is 113 Å². The van der Waals surface area contributed by atoms with Crippen molar-refractivity contribution in [3.05, 3.63) is 0 Å². The van der Waals surface area contributed by atoms with Gasteiger partial charge >= 0.3 is 5.97 Å². The fourth-order valence-electron chi connectivity index (χ4n) is 2.52. The van der Waals surface area contributed by atoms with Crippen LogP contribution in [0.15, 0.2) is 0 Å². The van der Waals surface area contributed by atoms with E-state index < -0.39 is 0 Å². The van der Waals surface area contributed by atoms with Gasteiger partial charge in [-0.3, -0.25) is 4.79 Å². The van der Waals surface area contributed by atoms with Crippen molar-refractivity contribution < 1.29 is 9.53 Å². The molecule has 0 N–H and O–H groups in total. The highest BCUT2D eigenvalue weighted by Gasteiger charge is 2.29. The van der Waals surface area contributed by atoms with Gasteiger partial charge in [-0.05, 0) is 69.1 Å². The molecule has 0 aromatic heterocycles. The Morgan fingerprint density at radius 2 is 1.04 bits per heavy atom. The highest BCUT2D eigenvalue weighted by atomic mass is 16.6. The van der Waals surface area contributed by atoms with Gasteiger partial charge in [0.15, 0.2) is 0 Å². The van der Waals surface area contributed by atoms with Crippen LogP contribution in [0.2, 0.25) is 0 Å². The Bertz CT molecular complexity index is 343. The Labute approximate surface area is 145 Å². The Balaban J connectivity index is 4.74. The molecule has 0 atom stereocenters. The summed E-state index contributed by atoms with van der Waals surface area (Å²) in [7, 11) is 0. The average Bonchev–Trinajstić information content (AvgIpc) is 2.28. The molecule has 0 aromatic rings. The van der Waals surface area contributed by atoms with E-state index in [2.05, 4.69) is 48.5 Å². The Morgan fingerprint density at radius 1 is 0.652 bits per heavy atom. The number of rotatable bonds is 7. The molecule has 0 radical (unpaired) electrons. The minimum atomic E-state index is -0.385. The van der Waals surface area contributed by atoms with Crippen LogP contribution in [-0.4, -0.2) is 11.6 Å². The summed E-state index contributed by atoms with van der Waals surface area (Å²) in [5, 5.41) is 0. The normalized spacial score (nSPS) is 14.0. The van der Waals surface area contributed by atoms with Crippen LogP contribution in [-0.2, 0) is 9.53 Å². The van der Waals surface area contributed by atoms with Crippen LogP contribution in [0, 0.1) is 16.2 Å². The first-order chi connectivity index (χ1) is 10.0. The summed E-state index contributed by atoms with van der Waals surface area (Å²) in [5.74, 6) is -0.0600. The molecule has 0 bridgehead atoms. The van der Waals surface area contributed by atoms with Crippen LogP contribution in [0.4, 0.5) is 0 Å². The molecule has 0 aliphatic carbocycles. The van der Waals surface area contributed by atoms with Crippen LogP contribution in [0.1, 0.15) is 108 Å². The van der Waals surface area contributed by atoms with E-state index in [0.29, 0.717) is 17.3 Å². The summed E-state index contributed by atoms with van der Waals surface area (Å²) in [6.45, 7) is 21.9. The first kappa shape index (κ1) is 22.5. The monoisotopic (exact) mass is 326 g/mol. The van der Waals surface area contributed by atoms with Crippen molar-refractivity contribution in [2.75, 3.05) is 0 Å². The fraction of sp³-hybridized carbons (Fsp3) is 0.952. The molecule has 0 fully saturated rings. The van der Waals surface area contributed by atoms with Gasteiger partial charge < -0.3 is 4.74 Å². The van der Waals surface area contributed by atoms with Gasteiger partial charge in [-0.1, -0.05) is 48.5 Å². The third kappa shape index (κ3) is 13.6. The second-order valence-corrected chi connectivity index (χ2v) is 11.0. The van der Waals surface area contributed by atoms with E-state index in [1.54, 1.807) is 0 Å². The Hall–Kier alpha value is -0.530. The predicted molar refractivity (Wildman–Crippen MR) is 101 cm³/mol. The lowest BCUT2D eigenvalue weighted by Gasteiger charge is -2.35. The summed E-state index contributed by atoms with van der Waals surface area (Å²) < 4.78 is 5.49. The first-order valence-electron chi connectivity index (χ1n) is 9.23. The van der Waals surface area contributed by atoms with Crippen molar-refractivity contribution in [2.24, 2.45) is 16.2 Å². The molecule has 0 saturated heterocycles.